The molecule has 0 spiro atoms. The molecule has 0 aromatic carbocycles. The second-order valence-corrected chi connectivity index (χ2v) is 14.9. The maximum absolute atomic E-state index is 14.3. The highest BCUT2D eigenvalue weighted by Gasteiger charge is 2.69. The Morgan fingerprint density at radius 2 is 1.56 bits per heavy atom. The number of hydrogen-bond donors (Lipinski definition) is 0. The van der Waals surface area contributed by atoms with E-state index in [4.69, 9.17) is 6.57 Å². The van der Waals surface area contributed by atoms with Gasteiger partial charge in [-0.05, 0) is 89.9 Å². The summed E-state index contributed by atoms with van der Waals surface area (Å²) in [5.41, 5.74) is 1.01. The van der Waals surface area contributed by atoms with E-state index < -0.39 is 10.8 Å². The van der Waals surface area contributed by atoms with Gasteiger partial charge in [0.1, 0.15) is 0 Å². The average Bonchev–Trinajstić information content (AvgIpc) is 2.73. The molecular formula is C31H43NO2. The third-order valence-electron chi connectivity index (χ3n) is 12.2. The molecule has 0 heterocycles. The zero-order valence-electron chi connectivity index (χ0n) is 22.6. The van der Waals surface area contributed by atoms with Crippen molar-refractivity contribution in [1.29, 1.82) is 0 Å². The van der Waals surface area contributed by atoms with E-state index in [1.54, 1.807) is 0 Å². The molecular weight excluding hydrogens is 418 g/mol. The largest absolute Gasteiger partial charge is 0.307 e. The Hall–Kier alpha value is -1.69. The van der Waals surface area contributed by atoms with Gasteiger partial charge in [0.15, 0.2) is 11.6 Å². The summed E-state index contributed by atoms with van der Waals surface area (Å²) in [5.74, 6) is 0.581. The number of Topliss-reactive ketones (excluding diaryl/α,β-unsaturated/α-hetero) is 1. The van der Waals surface area contributed by atoms with Gasteiger partial charge in [-0.2, -0.15) is 0 Å². The van der Waals surface area contributed by atoms with Crippen molar-refractivity contribution in [2.45, 2.75) is 100 Å². The Morgan fingerprint density at radius 3 is 2.21 bits per heavy atom. The van der Waals surface area contributed by atoms with Gasteiger partial charge in [-0.25, -0.2) is 4.85 Å². The molecule has 34 heavy (non-hydrogen) atoms. The van der Waals surface area contributed by atoms with Gasteiger partial charge in [0.05, 0.1) is 6.57 Å². The second kappa shape index (κ2) is 6.74. The van der Waals surface area contributed by atoms with Crippen molar-refractivity contribution in [3.8, 4) is 0 Å². The molecule has 0 radical (unpaired) electrons. The maximum Gasteiger partial charge on any atom is 0.226 e. The number of rotatable bonds is 0. The Balaban J connectivity index is 1.69. The molecule has 5 rings (SSSR count). The zero-order chi connectivity index (χ0) is 25.1. The van der Waals surface area contributed by atoms with Crippen LogP contribution in [0.3, 0.4) is 0 Å². The van der Waals surface area contributed by atoms with Crippen LogP contribution in [0.1, 0.15) is 100 Å². The van der Waals surface area contributed by atoms with Gasteiger partial charge in [0.2, 0.25) is 5.70 Å². The highest BCUT2D eigenvalue weighted by molar-refractivity contribution is 6.03. The van der Waals surface area contributed by atoms with E-state index in [1.165, 1.54) is 31.3 Å². The van der Waals surface area contributed by atoms with Crippen LogP contribution in [-0.2, 0) is 9.59 Å². The fourth-order valence-corrected chi connectivity index (χ4v) is 9.92. The number of ketones is 2. The molecule has 0 unspecified atom stereocenters. The van der Waals surface area contributed by atoms with Crippen molar-refractivity contribution in [2.24, 2.45) is 50.2 Å². The smallest absolute Gasteiger partial charge is 0.226 e. The lowest BCUT2D eigenvalue weighted by Crippen LogP contribution is -2.65. The maximum atomic E-state index is 14.3. The summed E-state index contributed by atoms with van der Waals surface area (Å²) in [6.07, 6.45) is 12.0. The number of allylic oxidation sites excluding steroid dienone is 4. The Kier molecular flexibility index (Phi) is 4.77. The van der Waals surface area contributed by atoms with E-state index in [0.29, 0.717) is 16.7 Å². The molecule has 3 nitrogen and oxygen atoms in total. The molecule has 0 aromatic rings. The summed E-state index contributed by atoms with van der Waals surface area (Å²) in [6.45, 7) is 26.0. The standard InChI is InChI=1S/C31H43NO2/c1-26(2)12-13-28(5)14-15-30(7)19(20(28)17-26)16-22(33)24-29(6)18-21(32-9)25(34)27(3,4)23(29)10-11-31(24,30)8/h16,18,20,23-24H,10-15,17H2,1-8H3/t20-,23-,24+,28+,29-,30+,31+/m0/s1. The minimum absolute atomic E-state index is 0.0190. The summed E-state index contributed by atoms with van der Waals surface area (Å²) in [4.78, 5) is 31.1. The van der Waals surface area contributed by atoms with E-state index in [0.717, 1.165) is 19.3 Å². The molecule has 184 valence electrons. The van der Waals surface area contributed by atoms with Crippen molar-refractivity contribution in [3.05, 3.63) is 34.8 Å². The monoisotopic (exact) mass is 461 g/mol. The van der Waals surface area contributed by atoms with E-state index in [-0.39, 0.29) is 39.9 Å². The Bertz CT molecular complexity index is 1090. The fourth-order valence-electron chi connectivity index (χ4n) is 9.92. The Morgan fingerprint density at radius 1 is 0.912 bits per heavy atom. The molecule has 0 bridgehead atoms. The third-order valence-corrected chi connectivity index (χ3v) is 12.2. The fraction of sp³-hybridized carbons (Fsp3) is 0.774. The second-order valence-electron chi connectivity index (χ2n) is 14.9. The predicted octanol–water partition coefficient (Wildman–Crippen LogP) is 7.58. The molecule has 0 saturated heterocycles. The van der Waals surface area contributed by atoms with E-state index >= 15 is 0 Å². The van der Waals surface area contributed by atoms with Crippen LogP contribution in [0.4, 0.5) is 0 Å². The zero-order valence-corrected chi connectivity index (χ0v) is 22.6. The minimum atomic E-state index is -0.617. The molecule has 0 aromatic heterocycles. The summed E-state index contributed by atoms with van der Waals surface area (Å²) >= 11 is 0. The molecule has 5 aliphatic carbocycles. The number of nitrogens with zero attached hydrogens (tertiary/aromatic N) is 1. The highest BCUT2D eigenvalue weighted by atomic mass is 16.1. The average molecular weight is 462 g/mol. The molecule has 0 aliphatic heterocycles. The van der Waals surface area contributed by atoms with Gasteiger partial charge in [0, 0.05) is 11.3 Å². The number of fused-ring (bicyclic) bond motifs is 7. The number of hydrogen-bond acceptors (Lipinski definition) is 2. The molecule has 7 atom stereocenters. The first-order chi connectivity index (χ1) is 15.6. The first kappa shape index (κ1) is 24.0. The lowest BCUT2D eigenvalue weighted by molar-refractivity contribution is -0.170. The summed E-state index contributed by atoms with van der Waals surface area (Å²) < 4.78 is 0. The first-order valence-electron chi connectivity index (χ1n) is 13.5. The van der Waals surface area contributed by atoms with E-state index in [1.807, 2.05) is 19.9 Å². The van der Waals surface area contributed by atoms with Gasteiger partial charge in [-0.3, -0.25) is 4.79 Å². The molecule has 3 saturated carbocycles. The predicted molar refractivity (Wildman–Crippen MR) is 136 cm³/mol. The molecule has 3 fully saturated rings. The van der Waals surface area contributed by atoms with E-state index in [2.05, 4.69) is 52.5 Å². The molecule has 0 amide bonds. The van der Waals surface area contributed by atoms with Crippen molar-refractivity contribution < 1.29 is 9.59 Å². The van der Waals surface area contributed by atoms with Crippen LogP contribution in [0.2, 0.25) is 0 Å². The summed E-state index contributed by atoms with van der Waals surface area (Å²) in [7, 11) is 0. The van der Waals surface area contributed by atoms with Crippen LogP contribution in [0.5, 0.6) is 0 Å². The van der Waals surface area contributed by atoms with Crippen molar-refractivity contribution in [2.75, 3.05) is 0 Å². The van der Waals surface area contributed by atoms with Crippen molar-refractivity contribution in [1.82, 2.24) is 0 Å². The van der Waals surface area contributed by atoms with Crippen molar-refractivity contribution in [3.63, 3.8) is 0 Å². The summed E-state index contributed by atoms with van der Waals surface area (Å²) in [6, 6.07) is 0. The lowest BCUT2D eigenvalue weighted by atomic mass is 9.34. The van der Waals surface area contributed by atoms with Gasteiger partial charge in [-0.1, -0.05) is 67.0 Å². The summed E-state index contributed by atoms with van der Waals surface area (Å²) in [5, 5.41) is 0. The number of carbonyl (C=O) groups excluding carboxylic acids is 2. The van der Waals surface area contributed by atoms with Crippen LogP contribution < -0.4 is 0 Å². The van der Waals surface area contributed by atoms with Crippen LogP contribution in [0.25, 0.3) is 4.85 Å². The SMILES string of the molecule is [C-]#[N+]C1=C[C@]2(C)[C@H]3C(=O)C=C4[C@@H]5CC(C)(C)CC[C@]5(C)CC[C@@]4(C)[C@]3(C)CC[C@H]2C(C)(C)C1=O. The molecule has 5 aliphatic rings. The normalized spacial score (nSPS) is 48.9. The first-order valence-corrected chi connectivity index (χ1v) is 13.5. The van der Waals surface area contributed by atoms with Gasteiger partial charge in [-0.15, -0.1) is 0 Å². The van der Waals surface area contributed by atoms with Crippen LogP contribution in [0, 0.1) is 56.8 Å². The van der Waals surface area contributed by atoms with Gasteiger partial charge in [0.25, 0.3) is 0 Å². The third kappa shape index (κ3) is 2.75. The number of carbonyl (C=O) groups is 2. The Labute approximate surface area is 206 Å². The van der Waals surface area contributed by atoms with Crippen LogP contribution in [-0.4, -0.2) is 11.6 Å². The lowest BCUT2D eigenvalue weighted by Gasteiger charge is -2.69. The topological polar surface area (TPSA) is 38.5 Å². The quantitative estimate of drug-likeness (QED) is 0.349. The molecule has 0 N–H and O–H groups in total. The minimum Gasteiger partial charge on any atom is -0.307 e. The highest BCUT2D eigenvalue weighted by Crippen LogP contribution is 2.74. The van der Waals surface area contributed by atoms with Gasteiger partial charge < -0.3 is 4.79 Å². The molecule has 3 heteroatoms. The van der Waals surface area contributed by atoms with E-state index in [9.17, 15) is 9.59 Å². The van der Waals surface area contributed by atoms with Crippen LogP contribution in [0.15, 0.2) is 23.4 Å². The van der Waals surface area contributed by atoms with Crippen molar-refractivity contribution >= 4 is 11.6 Å². The van der Waals surface area contributed by atoms with Gasteiger partial charge >= 0.3 is 0 Å². The van der Waals surface area contributed by atoms with Crippen LogP contribution >= 0.6 is 0 Å².